The van der Waals surface area contributed by atoms with Crippen LogP contribution in [0.3, 0.4) is 0 Å². The lowest BCUT2D eigenvalue weighted by atomic mass is 10.2. The molecule has 5 nitrogen and oxygen atoms in total. The highest BCUT2D eigenvalue weighted by Crippen LogP contribution is 2.17. The summed E-state index contributed by atoms with van der Waals surface area (Å²) >= 11 is 0. The molecule has 1 unspecified atom stereocenters. The van der Waals surface area contributed by atoms with E-state index in [0.717, 1.165) is 12.1 Å². The number of halogens is 2. The van der Waals surface area contributed by atoms with E-state index >= 15 is 0 Å². The molecule has 0 saturated heterocycles. The van der Waals surface area contributed by atoms with E-state index < -0.39 is 23.6 Å². The fourth-order valence-electron chi connectivity index (χ4n) is 1.90. The van der Waals surface area contributed by atoms with Crippen molar-refractivity contribution in [2.45, 2.75) is 13.0 Å². The molecule has 0 spiro atoms. The molecule has 0 radical (unpaired) electrons. The van der Waals surface area contributed by atoms with E-state index in [0.29, 0.717) is 11.3 Å². The largest absolute Gasteiger partial charge is 0.481 e. The van der Waals surface area contributed by atoms with Crippen LogP contribution in [0.5, 0.6) is 5.75 Å². The minimum absolute atomic E-state index is 0.0477. The molecule has 2 rings (SSSR count). The molecule has 2 N–H and O–H groups in total. The first kappa shape index (κ1) is 17.4. The Bertz CT molecular complexity index is 748. The summed E-state index contributed by atoms with van der Waals surface area (Å²) in [5.41, 5.74) is 0.940. The Labute approximate surface area is 137 Å². The van der Waals surface area contributed by atoms with E-state index in [9.17, 15) is 18.4 Å². The van der Waals surface area contributed by atoms with Gasteiger partial charge in [-0.1, -0.05) is 0 Å². The summed E-state index contributed by atoms with van der Waals surface area (Å²) in [5.74, 6) is -2.69. The highest BCUT2D eigenvalue weighted by Gasteiger charge is 2.16. The van der Waals surface area contributed by atoms with E-state index in [-0.39, 0.29) is 11.7 Å². The predicted octanol–water partition coefficient (Wildman–Crippen LogP) is 2.73. The zero-order valence-electron chi connectivity index (χ0n) is 13.1. The van der Waals surface area contributed by atoms with Gasteiger partial charge in [-0.05, 0) is 43.3 Å². The van der Waals surface area contributed by atoms with Crippen LogP contribution in [-0.4, -0.2) is 25.0 Å². The second-order valence-electron chi connectivity index (χ2n) is 4.98. The van der Waals surface area contributed by atoms with Crippen LogP contribution in [0.25, 0.3) is 0 Å². The summed E-state index contributed by atoms with van der Waals surface area (Å²) in [4.78, 5) is 23.5. The van der Waals surface area contributed by atoms with Gasteiger partial charge in [0, 0.05) is 24.4 Å². The molecule has 0 fully saturated rings. The van der Waals surface area contributed by atoms with Gasteiger partial charge < -0.3 is 15.4 Å². The topological polar surface area (TPSA) is 67.4 Å². The van der Waals surface area contributed by atoms with E-state index in [4.69, 9.17) is 4.74 Å². The molecule has 1 atom stereocenters. The Morgan fingerprint density at radius 3 is 2.29 bits per heavy atom. The number of rotatable bonds is 5. The first-order chi connectivity index (χ1) is 11.4. The molecule has 2 aromatic carbocycles. The molecule has 0 saturated carbocycles. The molecule has 24 heavy (non-hydrogen) atoms. The van der Waals surface area contributed by atoms with Crippen LogP contribution in [0.15, 0.2) is 42.5 Å². The van der Waals surface area contributed by atoms with E-state index in [2.05, 4.69) is 10.6 Å². The lowest BCUT2D eigenvalue weighted by Crippen LogP contribution is -2.30. The Kier molecular flexibility index (Phi) is 5.47. The Morgan fingerprint density at radius 2 is 1.71 bits per heavy atom. The second-order valence-corrected chi connectivity index (χ2v) is 4.98. The van der Waals surface area contributed by atoms with Crippen molar-refractivity contribution in [1.82, 2.24) is 5.32 Å². The van der Waals surface area contributed by atoms with Crippen LogP contribution < -0.4 is 15.4 Å². The Hall–Kier alpha value is -2.96. The summed E-state index contributed by atoms with van der Waals surface area (Å²) in [6.07, 6.45) is -0.923. The Balaban J connectivity index is 1.98. The molecule has 7 heteroatoms. The molecule has 2 aromatic rings. The number of nitrogens with one attached hydrogen (secondary N) is 2. The van der Waals surface area contributed by atoms with Crippen molar-refractivity contribution in [3.8, 4) is 5.75 Å². The number of carbonyl (C=O) groups excluding carboxylic acids is 2. The summed E-state index contributed by atoms with van der Waals surface area (Å²) < 4.78 is 31.3. The average Bonchev–Trinajstić information content (AvgIpc) is 2.58. The standard InChI is InChI=1S/C17H16F2N2O3/c1-10(24-13-7-8-14(18)15(19)9-13)16(22)21-12-5-3-11(4-6-12)17(23)20-2/h3-10H,1-2H3,(H,20,23)(H,21,22). The van der Waals surface area contributed by atoms with Crippen LogP contribution in [-0.2, 0) is 4.79 Å². The van der Waals surface area contributed by atoms with Gasteiger partial charge in [0.05, 0.1) is 0 Å². The molecule has 0 aromatic heterocycles. The van der Waals surface area contributed by atoms with Crippen molar-refractivity contribution >= 4 is 17.5 Å². The van der Waals surface area contributed by atoms with Crippen LogP contribution in [0, 0.1) is 11.6 Å². The van der Waals surface area contributed by atoms with Crippen molar-refractivity contribution in [1.29, 1.82) is 0 Å². The maximum atomic E-state index is 13.1. The first-order valence-corrected chi connectivity index (χ1v) is 7.15. The second kappa shape index (κ2) is 7.54. The molecule has 126 valence electrons. The number of anilines is 1. The zero-order valence-corrected chi connectivity index (χ0v) is 13.1. The molecule has 2 amide bonds. The molecule has 0 aliphatic carbocycles. The first-order valence-electron chi connectivity index (χ1n) is 7.15. The third kappa shape index (κ3) is 4.28. The molecule has 0 aliphatic heterocycles. The van der Waals surface area contributed by atoms with Crippen molar-refractivity contribution in [2.75, 3.05) is 12.4 Å². The number of hydrogen-bond donors (Lipinski definition) is 2. The number of benzene rings is 2. The van der Waals surface area contributed by atoms with E-state index in [1.807, 2.05) is 0 Å². The smallest absolute Gasteiger partial charge is 0.265 e. The maximum absolute atomic E-state index is 13.1. The summed E-state index contributed by atoms with van der Waals surface area (Å²) in [7, 11) is 1.52. The van der Waals surface area contributed by atoms with Gasteiger partial charge in [-0.25, -0.2) is 8.78 Å². The van der Waals surface area contributed by atoms with Crippen molar-refractivity contribution in [3.05, 3.63) is 59.7 Å². The number of ether oxygens (including phenoxy) is 1. The van der Waals surface area contributed by atoms with Gasteiger partial charge in [-0.2, -0.15) is 0 Å². The van der Waals surface area contributed by atoms with Gasteiger partial charge in [-0.3, -0.25) is 9.59 Å². The molecule has 0 aliphatic rings. The number of amides is 2. The van der Waals surface area contributed by atoms with Crippen molar-refractivity contribution < 1.29 is 23.1 Å². The number of hydrogen-bond acceptors (Lipinski definition) is 3. The van der Waals surface area contributed by atoms with Crippen LogP contribution >= 0.6 is 0 Å². The lowest BCUT2D eigenvalue weighted by Gasteiger charge is -2.15. The summed E-state index contributed by atoms with van der Waals surface area (Å²) in [6.45, 7) is 1.48. The molecular weight excluding hydrogens is 318 g/mol. The third-order valence-electron chi connectivity index (χ3n) is 3.21. The van der Waals surface area contributed by atoms with Gasteiger partial charge >= 0.3 is 0 Å². The molecule has 0 heterocycles. The monoisotopic (exact) mass is 334 g/mol. The fourth-order valence-corrected chi connectivity index (χ4v) is 1.90. The van der Waals surface area contributed by atoms with Crippen molar-refractivity contribution in [3.63, 3.8) is 0 Å². The van der Waals surface area contributed by atoms with Gasteiger partial charge in [0.2, 0.25) is 0 Å². The van der Waals surface area contributed by atoms with Crippen LogP contribution in [0.4, 0.5) is 14.5 Å². The van der Waals surface area contributed by atoms with Gasteiger partial charge in [0.15, 0.2) is 17.7 Å². The summed E-state index contributed by atoms with van der Waals surface area (Å²) in [5, 5.41) is 5.10. The maximum Gasteiger partial charge on any atom is 0.265 e. The molecule has 0 bridgehead atoms. The summed E-state index contributed by atoms with van der Waals surface area (Å²) in [6, 6.07) is 9.31. The zero-order chi connectivity index (χ0) is 17.7. The fraction of sp³-hybridized carbons (Fsp3) is 0.176. The quantitative estimate of drug-likeness (QED) is 0.883. The minimum atomic E-state index is -1.05. The Morgan fingerprint density at radius 1 is 1.04 bits per heavy atom. The number of carbonyl (C=O) groups is 2. The van der Waals surface area contributed by atoms with E-state index in [1.165, 1.54) is 20.0 Å². The third-order valence-corrected chi connectivity index (χ3v) is 3.21. The van der Waals surface area contributed by atoms with Gasteiger partial charge in [-0.15, -0.1) is 0 Å². The van der Waals surface area contributed by atoms with E-state index in [1.54, 1.807) is 24.3 Å². The van der Waals surface area contributed by atoms with Crippen molar-refractivity contribution in [2.24, 2.45) is 0 Å². The van der Waals surface area contributed by atoms with Gasteiger partial charge in [0.1, 0.15) is 5.75 Å². The molecular formula is C17H16F2N2O3. The predicted molar refractivity (Wildman–Crippen MR) is 84.9 cm³/mol. The SMILES string of the molecule is CNC(=O)c1ccc(NC(=O)C(C)Oc2ccc(F)c(F)c2)cc1. The van der Waals surface area contributed by atoms with Crippen LogP contribution in [0.2, 0.25) is 0 Å². The highest BCUT2D eigenvalue weighted by atomic mass is 19.2. The normalized spacial score (nSPS) is 11.5. The highest BCUT2D eigenvalue weighted by molar-refractivity contribution is 5.96. The lowest BCUT2D eigenvalue weighted by molar-refractivity contribution is -0.122. The van der Waals surface area contributed by atoms with Crippen LogP contribution in [0.1, 0.15) is 17.3 Å². The van der Waals surface area contributed by atoms with Gasteiger partial charge in [0.25, 0.3) is 11.8 Å². The average molecular weight is 334 g/mol. The minimum Gasteiger partial charge on any atom is -0.481 e.